The van der Waals surface area contributed by atoms with Gasteiger partial charge in [0.2, 0.25) is 17.8 Å². The molecule has 11 heteroatoms. The first-order valence-corrected chi connectivity index (χ1v) is 12.2. The zero-order valence-corrected chi connectivity index (χ0v) is 20.5. The molecular weight excluding hydrogens is 494 g/mol. The molecule has 1 fully saturated rings. The van der Waals surface area contributed by atoms with E-state index < -0.39 is 5.97 Å². The van der Waals surface area contributed by atoms with E-state index in [9.17, 15) is 9.90 Å². The predicted octanol–water partition coefficient (Wildman–Crippen LogP) is 5.66. The van der Waals surface area contributed by atoms with Crippen molar-refractivity contribution in [3.05, 3.63) is 77.0 Å². The van der Waals surface area contributed by atoms with Crippen molar-refractivity contribution in [3.63, 3.8) is 0 Å². The third kappa shape index (κ3) is 6.04. The van der Waals surface area contributed by atoms with Gasteiger partial charge in [-0.05, 0) is 61.7 Å². The lowest BCUT2D eigenvalue weighted by molar-refractivity contribution is 0.0697. The summed E-state index contributed by atoms with van der Waals surface area (Å²) in [5, 5.41) is 16.9. The van der Waals surface area contributed by atoms with Crippen molar-refractivity contribution >= 4 is 47.3 Å². The molecule has 10 nitrogen and oxygen atoms in total. The van der Waals surface area contributed by atoms with Gasteiger partial charge in [-0.2, -0.15) is 20.1 Å². The Kier molecular flexibility index (Phi) is 7.27. The second kappa shape index (κ2) is 11.1. The Labute approximate surface area is 218 Å². The van der Waals surface area contributed by atoms with E-state index in [2.05, 4.69) is 35.7 Å². The van der Waals surface area contributed by atoms with Crippen LogP contribution in [0.1, 0.15) is 35.4 Å². The Hall–Kier alpha value is -4.44. The second-order valence-electron chi connectivity index (χ2n) is 8.39. The molecule has 1 saturated heterocycles. The number of halogens is 1. The van der Waals surface area contributed by atoms with E-state index in [1.54, 1.807) is 18.2 Å². The van der Waals surface area contributed by atoms with E-state index in [1.165, 1.54) is 24.8 Å². The molecule has 2 aromatic carbocycles. The number of carboxylic acids is 1. The van der Waals surface area contributed by atoms with E-state index >= 15 is 0 Å². The summed E-state index contributed by atoms with van der Waals surface area (Å²) in [5.74, 6) is 1.14. The number of hydrazone groups is 1. The van der Waals surface area contributed by atoms with Crippen molar-refractivity contribution in [3.8, 4) is 11.3 Å². The van der Waals surface area contributed by atoms with Crippen LogP contribution in [0.4, 0.5) is 23.5 Å². The Morgan fingerprint density at radius 2 is 1.78 bits per heavy atom. The van der Waals surface area contributed by atoms with Gasteiger partial charge in [0.05, 0.1) is 16.8 Å². The normalized spacial score (nSPS) is 13.6. The number of carbonyl (C=O) groups is 1. The SMILES string of the molecule is O=C(O)c1cc(-c2ccc(/C=N\Nc3nc(Nc4ccccc4)nc(N4CCCCC4)n3)o2)ccc1Cl. The molecule has 3 heterocycles. The Balaban J connectivity index is 1.33. The molecule has 0 bridgehead atoms. The lowest BCUT2D eigenvalue weighted by Crippen LogP contribution is -2.31. The number of para-hydroxylation sites is 1. The molecule has 0 amide bonds. The topological polar surface area (TPSA) is 129 Å². The van der Waals surface area contributed by atoms with Gasteiger partial charge in [-0.1, -0.05) is 29.8 Å². The van der Waals surface area contributed by atoms with E-state index in [1.807, 2.05) is 30.3 Å². The Morgan fingerprint density at radius 3 is 2.57 bits per heavy atom. The average Bonchev–Trinajstić information content (AvgIpc) is 3.39. The highest BCUT2D eigenvalue weighted by atomic mass is 35.5. The van der Waals surface area contributed by atoms with Gasteiger partial charge in [-0.15, -0.1) is 0 Å². The van der Waals surface area contributed by atoms with Crippen LogP contribution in [0.25, 0.3) is 11.3 Å². The van der Waals surface area contributed by atoms with E-state index in [-0.39, 0.29) is 10.6 Å². The van der Waals surface area contributed by atoms with Crippen molar-refractivity contribution in [1.29, 1.82) is 0 Å². The Morgan fingerprint density at radius 1 is 1.00 bits per heavy atom. The first kappa shape index (κ1) is 24.3. The highest BCUT2D eigenvalue weighted by molar-refractivity contribution is 6.33. The lowest BCUT2D eigenvalue weighted by atomic mass is 10.1. The summed E-state index contributed by atoms with van der Waals surface area (Å²) < 4.78 is 5.80. The minimum absolute atomic E-state index is 0.00622. The number of hydrogen-bond donors (Lipinski definition) is 3. The largest absolute Gasteiger partial charge is 0.478 e. The molecule has 0 radical (unpaired) electrons. The van der Waals surface area contributed by atoms with Crippen LogP contribution in [-0.2, 0) is 0 Å². The van der Waals surface area contributed by atoms with Crippen molar-refractivity contribution in [2.75, 3.05) is 28.7 Å². The Bertz CT molecular complexity index is 1420. The summed E-state index contributed by atoms with van der Waals surface area (Å²) in [6, 6.07) is 17.8. The highest BCUT2D eigenvalue weighted by Crippen LogP contribution is 2.27. The van der Waals surface area contributed by atoms with Crippen LogP contribution in [0.5, 0.6) is 0 Å². The van der Waals surface area contributed by atoms with Crippen molar-refractivity contribution in [2.45, 2.75) is 19.3 Å². The molecule has 0 spiro atoms. The van der Waals surface area contributed by atoms with Gasteiger partial charge in [-0.25, -0.2) is 10.2 Å². The van der Waals surface area contributed by atoms with Crippen LogP contribution in [0.3, 0.4) is 0 Å². The fraction of sp³-hybridized carbons (Fsp3) is 0.192. The number of rotatable bonds is 8. The molecule has 1 aliphatic heterocycles. The van der Waals surface area contributed by atoms with Gasteiger partial charge < -0.3 is 19.7 Å². The van der Waals surface area contributed by atoms with Gasteiger partial charge in [0.25, 0.3) is 0 Å². The molecule has 5 rings (SSSR count). The molecule has 1 aliphatic rings. The second-order valence-corrected chi connectivity index (χ2v) is 8.80. The highest BCUT2D eigenvalue weighted by Gasteiger charge is 2.17. The molecule has 0 aliphatic carbocycles. The third-order valence-electron chi connectivity index (χ3n) is 5.76. The van der Waals surface area contributed by atoms with Crippen LogP contribution in [0, 0.1) is 0 Å². The quantitative estimate of drug-likeness (QED) is 0.200. The number of benzene rings is 2. The van der Waals surface area contributed by atoms with Crippen LogP contribution in [0.2, 0.25) is 5.02 Å². The first-order chi connectivity index (χ1) is 18.0. The van der Waals surface area contributed by atoms with E-state index in [0.29, 0.717) is 34.9 Å². The number of nitrogens with one attached hydrogen (secondary N) is 2. The molecule has 0 saturated carbocycles. The smallest absolute Gasteiger partial charge is 0.337 e. The maximum atomic E-state index is 11.4. The minimum atomic E-state index is -1.10. The van der Waals surface area contributed by atoms with Gasteiger partial charge in [0.15, 0.2) is 0 Å². The van der Waals surface area contributed by atoms with Crippen LogP contribution in [-0.4, -0.2) is 45.3 Å². The molecular formula is C26H24ClN7O3. The van der Waals surface area contributed by atoms with Crippen LogP contribution < -0.4 is 15.6 Å². The summed E-state index contributed by atoms with van der Waals surface area (Å²) in [6.45, 7) is 1.78. The molecule has 37 heavy (non-hydrogen) atoms. The van der Waals surface area contributed by atoms with Crippen molar-refractivity contribution in [2.24, 2.45) is 5.10 Å². The summed E-state index contributed by atoms with van der Waals surface area (Å²) in [4.78, 5) is 27.1. The molecule has 0 unspecified atom stereocenters. The lowest BCUT2D eigenvalue weighted by Gasteiger charge is -2.26. The fourth-order valence-corrected chi connectivity index (χ4v) is 4.13. The molecule has 3 N–H and O–H groups in total. The van der Waals surface area contributed by atoms with Gasteiger partial charge in [0, 0.05) is 24.3 Å². The fourth-order valence-electron chi connectivity index (χ4n) is 3.93. The molecule has 0 atom stereocenters. The van der Waals surface area contributed by atoms with E-state index in [4.69, 9.17) is 16.0 Å². The summed E-state index contributed by atoms with van der Waals surface area (Å²) in [5.41, 5.74) is 4.33. The molecule has 2 aromatic heterocycles. The van der Waals surface area contributed by atoms with Crippen LogP contribution >= 0.6 is 11.6 Å². The number of nitrogens with zero attached hydrogens (tertiary/aromatic N) is 5. The standard InChI is InChI=1S/C26H24ClN7O3/c27-21-11-9-17(15-20(21)23(35)36)22-12-10-19(37-22)16-28-33-25-30-24(29-18-7-3-1-4-8-18)31-26(32-25)34-13-5-2-6-14-34/h1,3-4,7-12,15-16H,2,5-6,13-14H2,(H,35,36)(H2,29,30,31,32,33)/b28-16-. The number of furan rings is 1. The number of piperidine rings is 1. The van der Waals surface area contributed by atoms with Crippen molar-refractivity contribution in [1.82, 2.24) is 15.0 Å². The maximum absolute atomic E-state index is 11.4. The number of aromatic carboxylic acids is 1. The first-order valence-electron chi connectivity index (χ1n) is 11.8. The van der Waals surface area contributed by atoms with Crippen molar-refractivity contribution < 1.29 is 14.3 Å². The zero-order valence-electron chi connectivity index (χ0n) is 19.8. The van der Waals surface area contributed by atoms with Gasteiger partial charge >= 0.3 is 5.97 Å². The number of hydrogen-bond acceptors (Lipinski definition) is 9. The number of carboxylic acid groups (broad SMARTS) is 1. The molecule has 4 aromatic rings. The van der Waals surface area contributed by atoms with Gasteiger partial charge in [0.1, 0.15) is 11.5 Å². The monoisotopic (exact) mass is 517 g/mol. The van der Waals surface area contributed by atoms with E-state index in [0.717, 1.165) is 31.6 Å². The van der Waals surface area contributed by atoms with Crippen LogP contribution in [0.15, 0.2) is 70.2 Å². The predicted molar refractivity (Wildman–Crippen MR) is 143 cm³/mol. The maximum Gasteiger partial charge on any atom is 0.337 e. The summed E-state index contributed by atoms with van der Waals surface area (Å²) in [6.07, 6.45) is 4.88. The minimum Gasteiger partial charge on any atom is -0.478 e. The third-order valence-corrected chi connectivity index (χ3v) is 6.09. The van der Waals surface area contributed by atoms with Gasteiger partial charge in [-0.3, -0.25) is 0 Å². The average molecular weight is 518 g/mol. The number of anilines is 4. The molecule has 188 valence electrons. The number of aromatic nitrogens is 3. The summed E-state index contributed by atoms with van der Waals surface area (Å²) in [7, 11) is 0. The zero-order chi connectivity index (χ0) is 25.6. The summed E-state index contributed by atoms with van der Waals surface area (Å²) >= 11 is 5.96.